The molecule has 2 aromatic heterocycles. The van der Waals surface area contributed by atoms with Crippen molar-refractivity contribution in [3.8, 4) is 0 Å². The van der Waals surface area contributed by atoms with Gasteiger partial charge in [-0.1, -0.05) is 0 Å². The molecule has 80 valence electrons. The fourth-order valence-corrected chi connectivity index (χ4v) is 3.27. The molecular formula is C10H14N4Se. The van der Waals surface area contributed by atoms with Crippen molar-refractivity contribution in [3.05, 3.63) is 22.5 Å². The first kappa shape index (κ1) is 10.5. The predicted octanol–water partition coefficient (Wildman–Crippen LogP) is 0.0215. The van der Waals surface area contributed by atoms with Crippen LogP contribution in [-0.2, 0) is 0 Å². The van der Waals surface area contributed by atoms with Crippen LogP contribution in [0.15, 0.2) is 0 Å². The summed E-state index contributed by atoms with van der Waals surface area (Å²) >= 11 is 0.198. The van der Waals surface area contributed by atoms with Crippen LogP contribution in [0.3, 0.4) is 0 Å². The maximum atomic E-state index is 4.31. The topological polar surface area (TPSA) is 57.4 Å². The van der Waals surface area contributed by atoms with Gasteiger partial charge in [-0.15, -0.1) is 0 Å². The summed E-state index contributed by atoms with van der Waals surface area (Å²) in [4.78, 5) is 0. The minimum absolute atomic E-state index is 0.198. The molecule has 0 aliphatic heterocycles. The molecule has 0 aliphatic rings. The zero-order valence-corrected chi connectivity index (χ0v) is 11.0. The third-order valence-electron chi connectivity index (χ3n) is 2.61. The number of rotatable bonds is 2. The second-order valence-corrected chi connectivity index (χ2v) is 5.71. The van der Waals surface area contributed by atoms with Crippen LogP contribution in [0.1, 0.15) is 22.5 Å². The van der Waals surface area contributed by atoms with Gasteiger partial charge in [-0.25, -0.2) is 0 Å². The first-order valence-corrected chi connectivity index (χ1v) is 6.52. The Kier molecular flexibility index (Phi) is 2.67. The van der Waals surface area contributed by atoms with E-state index in [1.807, 2.05) is 13.8 Å². The van der Waals surface area contributed by atoms with Crippen LogP contribution in [0.2, 0.25) is 0 Å². The van der Waals surface area contributed by atoms with Crippen molar-refractivity contribution in [2.24, 2.45) is 0 Å². The van der Waals surface area contributed by atoms with Crippen LogP contribution in [0.5, 0.6) is 0 Å². The van der Waals surface area contributed by atoms with Gasteiger partial charge in [0.15, 0.2) is 0 Å². The van der Waals surface area contributed by atoms with Gasteiger partial charge in [-0.05, 0) is 0 Å². The number of aromatic nitrogens is 4. The number of nitrogens with one attached hydrogen (secondary N) is 2. The summed E-state index contributed by atoms with van der Waals surface area (Å²) in [6.45, 7) is 8.30. The van der Waals surface area contributed by atoms with Crippen molar-refractivity contribution in [1.82, 2.24) is 20.4 Å². The molecule has 2 heterocycles. The van der Waals surface area contributed by atoms with Gasteiger partial charge in [-0.3, -0.25) is 0 Å². The molecule has 0 radical (unpaired) electrons. The molecule has 0 aliphatic carbocycles. The van der Waals surface area contributed by atoms with Crippen LogP contribution in [0.25, 0.3) is 0 Å². The molecule has 0 spiro atoms. The summed E-state index contributed by atoms with van der Waals surface area (Å²) in [5.74, 6) is 0. The molecule has 0 bridgehead atoms. The van der Waals surface area contributed by atoms with Crippen molar-refractivity contribution in [3.63, 3.8) is 0 Å². The second-order valence-electron chi connectivity index (χ2n) is 3.66. The number of nitrogens with zero attached hydrogens (tertiary/aromatic N) is 2. The summed E-state index contributed by atoms with van der Waals surface area (Å²) in [5, 5.41) is 14.6. The molecule has 15 heavy (non-hydrogen) atoms. The third kappa shape index (κ3) is 1.85. The van der Waals surface area contributed by atoms with Crippen molar-refractivity contribution >= 4 is 24.1 Å². The number of hydrogen-bond donors (Lipinski definition) is 2. The Labute approximate surface area is 95.0 Å². The van der Waals surface area contributed by atoms with Crippen LogP contribution in [-0.4, -0.2) is 35.4 Å². The minimum atomic E-state index is 0.198. The SMILES string of the molecule is Cc1[nH]nc([Se]c2n[nH]c(C)c2C)c1C. The van der Waals surface area contributed by atoms with E-state index in [1.165, 1.54) is 11.1 Å². The molecule has 0 atom stereocenters. The van der Waals surface area contributed by atoms with Crippen molar-refractivity contribution in [2.75, 3.05) is 0 Å². The van der Waals surface area contributed by atoms with E-state index in [9.17, 15) is 0 Å². The van der Waals surface area contributed by atoms with E-state index in [0.29, 0.717) is 0 Å². The summed E-state index contributed by atoms with van der Waals surface area (Å²) < 4.78 is 2.30. The molecule has 0 fully saturated rings. The quantitative estimate of drug-likeness (QED) is 0.755. The fourth-order valence-electron chi connectivity index (χ4n) is 1.22. The average molecular weight is 269 g/mol. The number of H-pyrrole nitrogens is 2. The standard InChI is InChI=1S/C10H14N4Se/c1-5-7(3)11-13-9(5)15-10-6(2)8(4)12-14-10/h1-4H3,(H,11,13)(H,12,14). The van der Waals surface area contributed by atoms with Crippen LogP contribution in [0.4, 0.5) is 0 Å². The van der Waals surface area contributed by atoms with Gasteiger partial charge in [0.05, 0.1) is 0 Å². The van der Waals surface area contributed by atoms with E-state index in [-0.39, 0.29) is 15.0 Å². The normalized spacial score (nSPS) is 10.9. The Hall–Kier alpha value is -1.06. The molecule has 5 heteroatoms. The zero-order valence-electron chi connectivity index (χ0n) is 9.30. The Morgan fingerprint density at radius 3 is 1.47 bits per heavy atom. The molecule has 4 nitrogen and oxygen atoms in total. The van der Waals surface area contributed by atoms with E-state index in [2.05, 4.69) is 34.2 Å². The molecule has 0 amide bonds. The van der Waals surface area contributed by atoms with Gasteiger partial charge >= 0.3 is 94.7 Å². The molecular weight excluding hydrogens is 255 g/mol. The molecule has 0 aromatic carbocycles. The Bertz CT molecular complexity index is 439. The number of aromatic amines is 2. The van der Waals surface area contributed by atoms with Gasteiger partial charge in [0.1, 0.15) is 0 Å². The Morgan fingerprint density at radius 1 is 0.800 bits per heavy atom. The van der Waals surface area contributed by atoms with E-state index < -0.39 is 0 Å². The molecule has 2 aromatic rings. The summed E-state index contributed by atoms with van der Waals surface area (Å²) in [6.07, 6.45) is 0. The predicted molar refractivity (Wildman–Crippen MR) is 61.1 cm³/mol. The Morgan fingerprint density at radius 2 is 1.20 bits per heavy atom. The second kappa shape index (κ2) is 3.83. The number of hydrogen-bond acceptors (Lipinski definition) is 2. The first-order valence-electron chi connectivity index (χ1n) is 4.80. The van der Waals surface area contributed by atoms with Crippen molar-refractivity contribution in [2.45, 2.75) is 27.7 Å². The van der Waals surface area contributed by atoms with Crippen LogP contribution in [0, 0.1) is 27.7 Å². The zero-order chi connectivity index (χ0) is 11.0. The van der Waals surface area contributed by atoms with Gasteiger partial charge < -0.3 is 0 Å². The van der Waals surface area contributed by atoms with Gasteiger partial charge in [-0.2, -0.15) is 0 Å². The third-order valence-corrected chi connectivity index (χ3v) is 5.09. The van der Waals surface area contributed by atoms with Crippen molar-refractivity contribution in [1.29, 1.82) is 0 Å². The van der Waals surface area contributed by atoms with Crippen molar-refractivity contribution < 1.29 is 0 Å². The molecule has 0 unspecified atom stereocenters. The molecule has 0 saturated heterocycles. The van der Waals surface area contributed by atoms with E-state index in [4.69, 9.17) is 0 Å². The molecule has 2 N–H and O–H groups in total. The van der Waals surface area contributed by atoms with E-state index in [1.54, 1.807) is 0 Å². The first-order chi connectivity index (χ1) is 7.09. The van der Waals surface area contributed by atoms with Gasteiger partial charge in [0.25, 0.3) is 0 Å². The van der Waals surface area contributed by atoms with Crippen LogP contribution >= 0.6 is 0 Å². The number of aryl methyl sites for hydroxylation is 2. The molecule has 0 saturated carbocycles. The fraction of sp³-hybridized carbons (Fsp3) is 0.400. The molecule has 2 rings (SSSR count). The van der Waals surface area contributed by atoms with E-state index >= 15 is 0 Å². The van der Waals surface area contributed by atoms with Gasteiger partial charge in [0.2, 0.25) is 0 Å². The van der Waals surface area contributed by atoms with Crippen LogP contribution < -0.4 is 9.18 Å². The summed E-state index contributed by atoms with van der Waals surface area (Å²) in [5.41, 5.74) is 4.82. The van der Waals surface area contributed by atoms with Gasteiger partial charge in [0, 0.05) is 0 Å². The van der Waals surface area contributed by atoms with E-state index in [0.717, 1.165) is 20.6 Å². The summed E-state index contributed by atoms with van der Waals surface area (Å²) in [7, 11) is 0. The maximum absolute atomic E-state index is 4.31. The average Bonchev–Trinajstić information content (AvgIpc) is 2.68. The monoisotopic (exact) mass is 270 g/mol. The Balaban J connectivity index is 2.29. The summed E-state index contributed by atoms with van der Waals surface area (Å²) in [6, 6.07) is 0.